The van der Waals surface area contributed by atoms with Crippen molar-refractivity contribution in [3.05, 3.63) is 96.4 Å². The summed E-state index contributed by atoms with van der Waals surface area (Å²) in [5, 5.41) is 11.5. The van der Waals surface area contributed by atoms with Gasteiger partial charge in [-0.05, 0) is 41.5 Å². The number of carbonyl (C=O) groups excluding carboxylic acids is 1. The van der Waals surface area contributed by atoms with E-state index in [0.29, 0.717) is 24.9 Å². The van der Waals surface area contributed by atoms with E-state index in [1.807, 2.05) is 71.4 Å². The highest BCUT2D eigenvalue weighted by Gasteiger charge is 2.12. The minimum Gasteiger partial charge on any atom is -0.359 e. The van der Waals surface area contributed by atoms with Gasteiger partial charge in [-0.2, -0.15) is 10.1 Å². The van der Waals surface area contributed by atoms with Crippen LogP contribution >= 0.6 is 0 Å². The number of benzene rings is 3. The number of amides is 1. The predicted molar refractivity (Wildman–Crippen MR) is 141 cm³/mol. The number of carbonyl (C=O) groups is 1. The van der Waals surface area contributed by atoms with E-state index in [0.717, 1.165) is 27.8 Å². The third-order valence-electron chi connectivity index (χ3n) is 5.87. The Labute approximate surface area is 208 Å². The Morgan fingerprint density at radius 1 is 0.972 bits per heavy atom. The van der Waals surface area contributed by atoms with Gasteiger partial charge in [0.1, 0.15) is 6.33 Å². The van der Waals surface area contributed by atoms with Gasteiger partial charge < -0.3 is 15.5 Å². The first-order valence-electron chi connectivity index (χ1n) is 11.6. The van der Waals surface area contributed by atoms with Crippen LogP contribution in [-0.2, 0) is 17.8 Å². The van der Waals surface area contributed by atoms with Crippen molar-refractivity contribution in [1.29, 1.82) is 0 Å². The highest BCUT2D eigenvalue weighted by molar-refractivity contribution is 5.83. The third kappa shape index (κ3) is 5.15. The van der Waals surface area contributed by atoms with Crippen LogP contribution in [0.5, 0.6) is 0 Å². The van der Waals surface area contributed by atoms with Gasteiger partial charge in [-0.25, -0.2) is 9.97 Å². The van der Waals surface area contributed by atoms with E-state index in [1.165, 1.54) is 11.9 Å². The Morgan fingerprint density at radius 3 is 2.64 bits per heavy atom. The molecule has 0 fully saturated rings. The van der Waals surface area contributed by atoms with Gasteiger partial charge in [0.15, 0.2) is 0 Å². The summed E-state index contributed by atoms with van der Waals surface area (Å²) in [6.45, 7) is 0.715. The number of anilines is 4. The summed E-state index contributed by atoms with van der Waals surface area (Å²) in [4.78, 5) is 26.8. The maximum absolute atomic E-state index is 11.7. The fraction of sp³-hybridized carbons (Fsp3) is 0.148. The topological polar surface area (TPSA) is 101 Å². The molecular formula is C27H26N8O. The van der Waals surface area contributed by atoms with E-state index in [1.54, 1.807) is 7.05 Å². The van der Waals surface area contributed by atoms with Crippen molar-refractivity contribution in [2.75, 3.05) is 24.3 Å². The molecule has 0 aliphatic carbocycles. The molecule has 0 bridgehead atoms. The van der Waals surface area contributed by atoms with E-state index in [-0.39, 0.29) is 5.91 Å². The SMILES string of the molecule is CNC(=O)Cc1cccc(Nc2ncnc(N(C)c3ccc4c(cnn4Cc4ccccc4)c3)n2)c1. The number of likely N-dealkylation sites (N-methyl/N-ethyl adjacent to an activating group) is 1. The molecule has 3 aromatic carbocycles. The second-order valence-electron chi connectivity index (χ2n) is 8.37. The molecule has 1 amide bonds. The lowest BCUT2D eigenvalue weighted by Crippen LogP contribution is -2.19. The molecule has 0 spiro atoms. The number of nitrogens with one attached hydrogen (secondary N) is 2. The molecule has 5 aromatic rings. The molecule has 5 rings (SSSR count). The Kier molecular flexibility index (Phi) is 6.53. The van der Waals surface area contributed by atoms with E-state index in [4.69, 9.17) is 0 Å². The largest absolute Gasteiger partial charge is 0.359 e. The van der Waals surface area contributed by atoms with E-state index >= 15 is 0 Å². The zero-order valence-electron chi connectivity index (χ0n) is 20.1. The molecule has 2 heterocycles. The van der Waals surface area contributed by atoms with Crippen LogP contribution < -0.4 is 15.5 Å². The van der Waals surface area contributed by atoms with Crippen LogP contribution in [0.4, 0.5) is 23.3 Å². The molecule has 0 aliphatic rings. The van der Waals surface area contributed by atoms with Crippen molar-refractivity contribution in [1.82, 2.24) is 30.0 Å². The van der Waals surface area contributed by atoms with Crippen LogP contribution in [0.2, 0.25) is 0 Å². The molecule has 180 valence electrons. The zero-order chi connectivity index (χ0) is 24.9. The minimum atomic E-state index is -0.0428. The van der Waals surface area contributed by atoms with Gasteiger partial charge >= 0.3 is 0 Å². The first-order valence-corrected chi connectivity index (χ1v) is 11.6. The smallest absolute Gasteiger partial charge is 0.234 e. The van der Waals surface area contributed by atoms with Crippen LogP contribution in [0.1, 0.15) is 11.1 Å². The van der Waals surface area contributed by atoms with Gasteiger partial charge in [0.05, 0.1) is 24.7 Å². The molecular weight excluding hydrogens is 452 g/mol. The molecule has 0 atom stereocenters. The van der Waals surface area contributed by atoms with E-state index in [9.17, 15) is 4.79 Å². The highest BCUT2D eigenvalue weighted by atomic mass is 16.1. The maximum atomic E-state index is 11.7. The number of hydrogen-bond acceptors (Lipinski definition) is 7. The van der Waals surface area contributed by atoms with Crippen molar-refractivity contribution >= 4 is 40.1 Å². The molecule has 0 unspecified atom stereocenters. The van der Waals surface area contributed by atoms with Crippen molar-refractivity contribution in [2.45, 2.75) is 13.0 Å². The Bertz CT molecular complexity index is 1500. The van der Waals surface area contributed by atoms with Crippen molar-refractivity contribution < 1.29 is 4.79 Å². The lowest BCUT2D eigenvalue weighted by Gasteiger charge is -2.18. The second-order valence-corrected chi connectivity index (χ2v) is 8.37. The van der Waals surface area contributed by atoms with Crippen LogP contribution in [0.3, 0.4) is 0 Å². The van der Waals surface area contributed by atoms with Crippen molar-refractivity contribution in [3.63, 3.8) is 0 Å². The molecule has 0 saturated carbocycles. The average Bonchev–Trinajstić information content (AvgIpc) is 3.31. The molecule has 9 heteroatoms. The van der Waals surface area contributed by atoms with Gasteiger partial charge in [-0.1, -0.05) is 42.5 Å². The fourth-order valence-corrected chi connectivity index (χ4v) is 3.95. The van der Waals surface area contributed by atoms with Gasteiger partial charge in [-0.3, -0.25) is 9.48 Å². The van der Waals surface area contributed by atoms with Crippen LogP contribution in [0.25, 0.3) is 10.9 Å². The lowest BCUT2D eigenvalue weighted by atomic mass is 10.1. The maximum Gasteiger partial charge on any atom is 0.234 e. The predicted octanol–water partition coefficient (Wildman–Crippen LogP) is 4.07. The summed E-state index contributed by atoms with van der Waals surface area (Å²) in [6.07, 6.45) is 3.66. The average molecular weight is 479 g/mol. The lowest BCUT2D eigenvalue weighted by molar-refractivity contribution is -0.119. The van der Waals surface area contributed by atoms with Gasteiger partial charge in [0.25, 0.3) is 0 Å². The molecule has 2 aromatic heterocycles. The van der Waals surface area contributed by atoms with E-state index in [2.05, 4.69) is 54.9 Å². The van der Waals surface area contributed by atoms with Gasteiger partial charge in [0.2, 0.25) is 17.8 Å². The van der Waals surface area contributed by atoms with Gasteiger partial charge in [-0.15, -0.1) is 0 Å². The van der Waals surface area contributed by atoms with E-state index < -0.39 is 0 Å². The highest BCUT2D eigenvalue weighted by Crippen LogP contribution is 2.26. The Balaban J connectivity index is 1.33. The molecule has 0 radical (unpaired) electrons. The summed E-state index contributed by atoms with van der Waals surface area (Å²) < 4.78 is 2.00. The Morgan fingerprint density at radius 2 is 1.81 bits per heavy atom. The van der Waals surface area contributed by atoms with Crippen molar-refractivity contribution in [2.24, 2.45) is 0 Å². The molecule has 0 aliphatic heterocycles. The normalized spacial score (nSPS) is 10.8. The summed E-state index contributed by atoms with van der Waals surface area (Å²) in [5.74, 6) is 0.879. The van der Waals surface area contributed by atoms with Crippen LogP contribution in [0.15, 0.2) is 85.3 Å². The third-order valence-corrected chi connectivity index (χ3v) is 5.87. The zero-order valence-corrected chi connectivity index (χ0v) is 20.1. The van der Waals surface area contributed by atoms with Gasteiger partial charge in [0, 0.05) is 30.9 Å². The first-order chi connectivity index (χ1) is 17.6. The molecule has 2 N–H and O–H groups in total. The van der Waals surface area contributed by atoms with Crippen LogP contribution in [0, 0.1) is 0 Å². The monoisotopic (exact) mass is 478 g/mol. The summed E-state index contributed by atoms with van der Waals surface area (Å²) in [5.41, 5.74) is 4.89. The number of fused-ring (bicyclic) bond motifs is 1. The standard InChI is InChI=1S/C27H26N8O/c1-28-25(36)14-20-9-6-10-22(13-20)32-26-29-18-30-27(33-26)34(2)23-11-12-24-21(15-23)16-31-35(24)17-19-7-4-3-5-8-19/h3-13,15-16,18H,14,17H2,1-2H3,(H,28,36)(H,29,30,32,33). The molecule has 0 saturated heterocycles. The molecule has 9 nitrogen and oxygen atoms in total. The summed E-state index contributed by atoms with van der Waals surface area (Å²) in [7, 11) is 3.54. The van der Waals surface area contributed by atoms with Crippen molar-refractivity contribution in [3.8, 4) is 0 Å². The Hall–Kier alpha value is -4.79. The minimum absolute atomic E-state index is 0.0428. The number of hydrogen-bond donors (Lipinski definition) is 2. The summed E-state index contributed by atoms with van der Waals surface area (Å²) in [6, 6.07) is 24.1. The van der Waals surface area contributed by atoms with Crippen LogP contribution in [-0.4, -0.2) is 44.7 Å². The molecule has 36 heavy (non-hydrogen) atoms. The number of nitrogens with zero attached hydrogens (tertiary/aromatic N) is 6. The summed E-state index contributed by atoms with van der Waals surface area (Å²) >= 11 is 0. The number of rotatable bonds is 8. The second kappa shape index (κ2) is 10.2. The first kappa shape index (κ1) is 23.0. The number of aromatic nitrogens is 5. The fourth-order valence-electron chi connectivity index (χ4n) is 3.95. The quantitative estimate of drug-likeness (QED) is 0.347.